The van der Waals surface area contributed by atoms with Gasteiger partial charge in [-0.15, -0.1) is 0 Å². The van der Waals surface area contributed by atoms with E-state index >= 15 is 0 Å². The Hall–Kier alpha value is -2.44. The summed E-state index contributed by atoms with van der Waals surface area (Å²) in [7, 11) is 0. The van der Waals surface area contributed by atoms with Gasteiger partial charge in [0, 0.05) is 32.7 Å². The van der Waals surface area contributed by atoms with Crippen LogP contribution < -0.4 is 10.2 Å². The van der Waals surface area contributed by atoms with Gasteiger partial charge in [-0.2, -0.15) is 0 Å². The van der Waals surface area contributed by atoms with Crippen LogP contribution in [0.1, 0.15) is 18.9 Å². The average molecular weight is 368 g/mol. The molecule has 0 spiro atoms. The van der Waals surface area contributed by atoms with Gasteiger partial charge in [0.2, 0.25) is 5.91 Å². The highest BCUT2D eigenvalue weighted by atomic mass is 16.3. The number of anilines is 2. The van der Waals surface area contributed by atoms with Crippen LogP contribution in [0.5, 0.6) is 0 Å². The zero-order valence-corrected chi connectivity index (χ0v) is 15.8. The van der Waals surface area contributed by atoms with E-state index in [4.69, 9.17) is 0 Å². The second-order valence-corrected chi connectivity index (χ2v) is 6.97. The van der Waals surface area contributed by atoms with E-state index in [2.05, 4.69) is 20.1 Å². The highest BCUT2D eigenvalue weighted by Gasteiger charge is 2.19. The molecule has 1 aromatic carbocycles. The maximum absolute atomic E-state index is 12.1. The van der Waals surface area contributed by atoms with E-state index in [-0.39, 0.29) is 12.0 Å². The lowest BCUT2D eigenvalue weighted by molar-refractivity contribution is -0.115. The van der Waals surface area contributed by atoms with Gasteiger partial charge in [0.15, 0.2) is 0 Å². The third-order valence-electron chi connectivity index (χ3n) is 4.88. The van der Waals surface area contributed by atoms with E-state index in [0.717, 1.165) is 50.5 Å². The Labute approximate surface area is 160 Å². The molecular weight excluding hydrogens is 340 g/mol. The number of benzene rings is 1. The molecule has 0 saturated carbocycles. The third kappa shape index (κ3) is 5.77. The quantitative estimate of drug-likeness (QED) is 0.784. The van der Waals surface area contributed by atoms with Crippen molar-refractivity contribution in [3.63, 3.8) is 0 Å². The second kappa shape index (κ2) is 9.48. The Morgan fingerprint density at radius 1 is 1.15 bits per heavy atom. The van der Waals surface area contributed by atoms with E-state index in [1.807, 2.05) is 49.4 Å². The van der Waals surface area contributed by atoms with Crippen molar-refractivity contribution >= 4 is 17.4 Å². The van der Waals surface area contributed by atoms with Crippen LogP contribution in [0.25, 0.3) is 0 Å². The highest BCUT2D eigenvalue weighted by molar-refractivity contribution is 5.92. The van der Waals surface area contributed by atoms with Crippen LogP contribution in [-0.2, 0) is 11.2 Å². The number of carbonyl (C=O) groups excluding carboxylic acids is 1. The Morgan fingerprint density at radius 2 is 1.89 bits per heavy atom. The van der Waals surface area contributed by atoms with Gasteiger partial charge in [0.1, 0.15) is 5.82 Å². The van der Waals surface area contributed by atoms with Gasteiger partial charge in [-0.25, -0.2) is 4.98 Å². The predicted octanol–water partition coefficient (Wildman–Crippen LogP) is 2.16. The number of piperazine rings is 1. The first-order chi connectivity index (χ1) is 13.1. The van der Waals surface area contributed by atoms with E-state index in [1.54, 1.807) is 6.20 Å². The molecule has 27 heavy (non-hydrogen) atoms. The summed E-state index contributed by atoms with van der Waals surface area (Å²) in [6, 6.07) is 13.5. The zero-order chi connectivity index (χ0) is 19.1. The molecule has 1 aromatic heterocycles. The molecule has 0 bridgehead atoms. The minimum absolute atomic E-state index is 0.0427. The van der Waals surface area contributed by atoms with Gasteiger partial charge in [-0.3, -0.25) is 9.69 Å². The number of aromatic nitrogens is 1. The summed E-state index contributed by atoms with van der Waals surface area (Å²) in [5, 5.41) is 12.7. The topological polar surface area (TPSA) is 68.7 Å². The third-order valence-corrected chi connectivity index (χ3v) is 4.88. The monoisotopic (exact) mass is 368 g/mol. The molecule has 0 radical (unpaired) electrons. The summed E-state index contributed by atoms with van der Waals surface area (Å²) < 4.78 is 0. The van der Waals surface area contributed by atoms with Crippen molar-refractivity contribution in [3.8, 4) is 0 Å². The summed E-state index contributed by atoms with van der Waals surface area (Å²) in [4.78, 5) is 21.2. The normalized spacial score (nSPS) is 16.1. The lowest BCUT2D eigenvalue weighted by Gasteiger charge is -2.36. The number of pyridine rings is 1. The molecule has 144 valence electrons. The van der Waals surface area contributed by atoms with Crippen molar-refractivity contribution in [1.82, 2.24) is 9.88 Å². The van der Waals surface area contributed by atoms with Gasteiger partial charge in [0.05, 0.1) is 24.4 Å². The van der Waals surface area contributed by atoms with Crippen molar-refractivity contribution in [2.45, 2.75) is 25.9 Å². The first-order valence-corrected chi connectivity index (χ1v) is 9.59. The Morgan fingerprint density at radius 3 is 2.52 bits per heavy atom. The smallest absolute Gasteiger partial charge is 0.228 e. The Bertz CT molecular complexity index is 713. The number of carbonyl (C=O) groups is 1. The molecule has 1 amide bonds. The molecule has 2 N–H and O–H groups in total. The lowest BCUT2D eigenvalue weighted by Crippen LogP contribution is -2.48. The number of hydrogen-bond donors (Lipinski definition) is 2. The largest absolute Gasteiger partial charge is 0.392 e. The number of amides is 1. The maximum atomic E-state index is 12.1. The molecule has 0 aliphatic carbocycles. The molecular formula is C21H28N4O2. The van der Waals surface area contributed by atoms with Crippen LogP contribution in [0.15, 0.2) is 48.7 Å². The number of nitrogens with one attached hydrogen (secondary N) is 1. The summed E-state index contributed by atoms with van der Waals surface area (Å²) in [6.45, 7) is 6.38. The van der Waals surface area contributed by atoms with Gasteiger partial charge in [-0.1, -0.05) is 37.3 Å². The number of β-amino-alcohol motifs (C(OH)–C–C–N with tert-alkyl or cyclic N) is 1. The minimum Gasteiger partial charge on any atom is -0.392 e. The summed E-state index contributed by atoms with van der Waals surface area (Å²) >= 11 is 0. The fourth-order valence-electron chi connectivity index (χ4n) is 3.22. The molecule has 1 fully saturated rings. The summed E-state index contributed by atoms with van der Waals surface area (Å²) in [6.07, 6.45) is 2.62. The van der Waals surface area contributed by atoms with Crippen LogP contribution in [-0.4, -0.2) is 59.7 Å². The summed E-state index contributed by atoms with van der Waals surface area (Å²) in [5.74, 6) is 0.880. The van der Waals surface area contributed by atoms with Crippen LogP contribution in [0.3, 0.4) is 0 Å². The molecule has 6 nitrogen and oxygen atoms in total. The van der Waals surface area contributed by atoms with E-state index in [1.165, 1.54) is 0 Å². The first kappa shape index (κ1) is 19.3. The standard InChI is InChI=1S/C21H28N4O2/c1-2-19(26)16-24-10-12-25(13-11-24)20-9-8-18(15-22-20)23-21(27)14-17-6-4-3-5-7-17/h3-9,15,19,26H,2,10-14,16H2,1H3,(H,23,27). The number of hydrogen-bond acceptors (Lipinski definition) is 5. The summed E-state index contributed by atoms with van der Waals surface area (Å²) in [5.41, 5.74) is 1.70. The molecule has 1 atom stereocenters. The van der Waals surface area contributed by atoms with Gasteiger partial charge in [0.25, 0.3) is 0 Å². The van der Waals surface area contributed by atoms with E-state index in [9.17, 15) is 9.90 Å². The molecule has 2 heterocycles. The lowest BCUT2D eigenvalue weighted by atomic mass is 10.1. The first-order valence-electron chi connectivity index (χ1n) is 9.59. The van der Waals surface area contributed by atoms with E-state index in [0.29, 0.717) is 12.1 Å². The number of aliphatic hydroxyl groups excluding tert-OH is 1. The van der Waals surface area contributed by atoms with Crippen molar-refractivity contribution in [2.24, 2.45) is 0 Å². The highest BCUT2D eigenvalue weighted by Crippen LogP contribution is 2.17. The van der Waals surface area contributed by atoms with Crippen LogP contribution in [0.2, 0.25) is 0 Å². The fourth-order valence-corrected chi connectivity index (χ4v) is 3.22. The zero-order valence-electron chi connectivity index (χ0n) is 15.8. The minimum atomic E-state index is -0.242. The van der Waals surface area contributed by atoms with E-state index < -0.39 is 0 Å². The SMILES string of the molecule is CCC(O)CN1CCN(c2ccc(NC(=O)Cc3ccccc3)cn2)CC1. The van der Waals surface area contributed by atoms with Crippen molar-refractivity contribution < 1.29 is 9.90 Å². The molecule has 3 rings (SSSR count). The van der Waals surface area contributed by atoms with Crippen LogP contribution >= 0.6 is 0 Å². The Balaban J connectivity index is 1.48. The van der Waals surface area contributed by atoms with Crippen LogP contribution in [0, 0.1) is 0 Å². The predicted molar refractivity (Wildman–Crippen MR) is 108 cm³/mol. The van der Waals surface area contributed by atoms with Crippen molar-refractivity contribution in [1.29, 1.82) is 0 Å². The molecule has 1 unspecified atom stereocenters. The van der Waals surface area contributed by atoms with Gasteiger partial charge >= 0.3 is 0 Å². The maximum Gasteiger partial charge on any atom is 0.228 e. The van der Waals surface area contributed by atoms with Crippen LogP contribution in [0.4, 0.5) is 11.5 Å². The molecule has 6 heteroatoms. The Kier molecular flexibility index (Phi) is 6.79. The molecule has 1 aliphatic heterocycles. The second-order valence-electron chi connectivity index (χ2n) is 6.97. The van der Waals surface area contributed by atoms with Crippen molar-refractivity contribution in [3.05, 3.63) is 54.2 Å². The number of aliphatic hydroxyl groups is 1. The van der Waals surface area contributed by atoms with Gasteiger partial charge < -0.3 is 15.3 Å². The molecule has 2 aromatic rings. The fraction of sp³-hybridized carbons (Fsp3) is 0.429. The number of rotatable bonds is 7. The number of nitrogens with zero attached hydrogens (tertiary/aromatic N) is 3. The molecule has 1 saturated heterocycles. The average Bonchev–Trinajstić information content (AvgIpc) is 2.70. The van der Waals surface area contributed by atoms with Gasteiger partial charge in [-0.05, 0) is 24.1 Å². The molecule has 1 aliphatic rings. The van der Waals surface area contributed by atoms with Crippen molar-refractivity contribution in [2.75, 3.05) is 42.9 Å².